The first-order valence-corrected chi connectivity index (χ1v) is 7.03. The summed E-state index contributed by atoms with van der Waals surface area (Å²) in [5, 5.41) is 11.7. The molecule has 1 aromatic carbocycles. The maximum atomic E-state index is 12.1. The van der Waals surface area contributed by atoms with Crippen LogP contribution in [0, 0.1) is 6.92 Å². The summed E-state index contributed by atoms with van der Waals surface area (Å²) in [7, 11) is 1.56. The Morgan fingerprint density at radius 3 is 2.70 bits per heavy atom. The van der Waals surface area contributed by atoms with Gasteiger partial charge in [0.1, 0.15) is 6.04 Å². The number of carbonyl (C=O) groups is 2. The van der Waals surface area contributed by atoms with E-state index in [-0.39, 0.29) is 5.91 Å². The van der Waals surface area contributed by atoms with Crippen LogP contribution in [0.5, 0.6) is 0 Å². The highest BCUT2D eigenvalue weighted by atomic mass is 79.9. The molecular weight excluding hydrogens is 326 g/mol. The highest BCUT2D eigenvalue weighted by molar-refractivity contribution is 9.10. The van der Waals surface area contributed by atoms with E-state index in [0.29, 0.717) is 25.0 Å². The molecule has 0 saturated carbocycles. The third-order valence-electron chi connectivity index (χ3n) is 2.88. The Hall–Kier alpha value is -1.40. The number of benzene rings is 1. The van der Waals surface area contributed by atoms with Crippen LogP contribution in [-0.2, 0) is 9.53 Å². The van der Waals surface area contributed by atoms with Gasteiger partial charge in [-0.1, -0.05) is 15.9 Å². The monoisotopic (exact) mass is 343 g/mol. The lowest BCUT2D eigenvalue weighted by Gasteiger charge is -2.15. The van der Waals surface area contributed by atoms with Crippen molar-refractivity contribution < 1.29 is 19.4 Å². The van der Waals surface area contributed by atoms with Crippen molar-refractivity contribution in [2.75, 3.05) is 13.7 Å². The lowest BCUT2D eigenvalue weighted by atomic mass is 10.1. The Labute approximate surface area is 126 Å². The predicted molar refractivity (Wildman–Crippen MR) is 78.9 cm³/mol. The molecule has 0 aliphatic carbocycles. The SMILES string of the molecule is COCCCC(NC(=O)c1ccc(Br)cc1C)C(=O)O. The van der Waals surface area contributed by atoms with Crippen LogP contribution in [0.25, 0.3) is 0 Å². The minimum absolute atomic E-state index is 0.338. The molecule has 1 atom stereocenters. The molecule has 20 heavy (non-hydrogen) atoms. The van der Waals surface area contributed by atoms with Gasteiger partial charge in [0, 0.05) is 23.8 Å². The summed E-state index contributed by atoms with van der Waals surface area (Å²) in [6.07, 6.45) is 0.914. The molecule has 0 aliphatic rings. The highest BCUT2D eigenvalue weighted by Crippen LogP contribution is 2.16. The van der Waals surface area contributed by atoms with Gasteiger partial charge in [-0.15, -0.1) is 0 Å². The van der Waals surface area contributed by atoms with Gasteiger partial charge in [0.05, 0.1) is 0 Å². The Morgan fingerprint density at radius 1 is 1.45 bits per heavy atom. The van der Waals surface area contributed by atoms with Crippen molar-refractivity contribution in [3.63, 3.8) is 0 Å². The number of amides is 1. The van der Waals surface area contributed by atoms with Crippen molar-refractivity contribution in [1.29, 1.82) is 0 Å². The largest absolute Gasteiger partial charge is 0.480 e. The number of rotatable bonds is 7. The van der Waals surface area contributed by atoms with Gasteiger partial charge < -0.3 is 15.2 Å². The Bertz CT molecular complexity index is 490. The molecule has 0 aliphatic heterocycles. The number of hydrogen-bond donors (Lipinski definition) is 2. The first-order valence-electron chi connectivity index (χ1n) is 6.24. The quantitative estimate of drug-likeness (QED) is 0.745. The van der Waals surface area contributed by atoms with E-state index in [1.165, 1.54) is 0 Å². The maximum absolute atomic E-state index is 12.1. The molecule has 2 N–H and O–H groups in total. The summed E-state index contributed by atoms with van der Waals surface area (Å²) in [5.74, 6) is -1.41. The lowest BCUT2D eigenvalue weighted by Crippen LogP contribution is -2.41. The number of nitrogens with one attached hydrogen (secondary N) is 1. The van der Waals surface area contributed by atoms with Crippen molar-refractivity contribution in [3.8, 4) is 0 Å². The number of halogens is 1. The van der Waals surface area contributed by atoms with Crippen molar-refractivity contribution in [2.45, 2.75) is 25.8 Å². The topological polar surface area (TPSA) is 75.6 Å². The molecule has 0 spiro atoms. The zero-order valence-corrected chi connectivity index (χ0v) is 13.1. The van der Waals surface area contributed by atoms with E-state index >= 15 is 0 Å². The molecule has 1 amide bonds. The average molecular weight is 344 g/mol. The summed E-state index contributed by atoms with van der Waals surface area (Å²) in [5.41, 5.74) is 1.27. The standard InChI is InChI=1S/C14H18BrNO4/c1-9-8-10(15)5-6-11(9)13(17)16-12(14(18)19)4-3-7-20-2/h5-6,8,12H,3-4,7H2,1-2H3,(H,16,17)(H,18,19). The van der Waals surface area contributed by atoms with Crippen LogP contribution in [0.1, 0.15) is 28.8 Å². The van der Waals surface area contributed by atoms with Crippen LogP contribution in [0.2, 0.25) is 0 Å². The number of carbonyl (C=O) groups excluding carboxylic acids is 1. The molecule has 0 saturated heterocycles. The van der Waals surface area contributed by atoms with Crippen LogP contribution < -0.4 is 5.32 Å². The summed E-state index contributed by atoms with van der Waals surface area (Å²) >= 11 is 3.32. The fraction of sp³-hybridized carbons (Fsp3) is 0.429. The predicted octanol–water partition coefficient (Wildman–Crippen LogP) is 2.37. The zero-order valence-electron chi connectivity index (χ0n) is 11.5. The second-order valence-electron chi connectivity index (χ2n) is 4.46. The zero-order chi connectivity index (χ0) is 15.1. The van der Waals surface area contributed by atoms with E-state index in [2.05, 4.69) is 21.2 Å². The van der Waals surface area contributed by atoms with E-state index in [0.717, 1.165) is 10.0 Å². The van der Waals surface area contributed by atoms with Gasteiger partial charge in [0.2, 0.25) is 0 Å². The fourth-order valence-electron chi connectivity index (χ4n) is 1.81. The van der Waals surface area contributed by atoms with Crippen LogP contribution in [0.4, 0.5) is 0 Å². The summed E-state index contributed by atoms with van der Waals surface area (Å²) in [6.45, 7) is 2.28. The number of ether oxygens (including phenoxy) is 1. The van der Waals surface area contributed by atoms with Gasteiger partial charge in [-0.25, -0.2) is 4.79 Å². The molecule has 6 heteroatoms. The smallest absolute Gasteiger partial charge is 0.326 e. The molecule has 0 radical (unpaired) electrons. The minimum Gasteiger partial charge on any atom is -0.480 e. The van der Waals surface area contributed by atoms with Crippen LogP contribution in [0.3, 0.4) is 0 Å². The molecule has 0 heterocycles. The summed E-state index contributed by atoms with van der Waals surface area (Å²) < 4.78 is 5.76. The van der Waals surface area contributed by atoms with E-state index in [1.54, 1.807) is 26.2 Å². The van der Waals surface area contributed by atoms with E-state index in [1.807, 2.05) is 6.07 Å². The molecule has 1 aromatic rings. The molecule has 0 bridgehead atoms. The second kappa shape index (κ2) is 8.01. The molecule has 0 aromatic heterocycles. The number of aryl methyl sites for hydroxylation is 1. The summed E-state index contributed by atoms with van der Waals surface area (Å²) in [4.78, 5) is 23.2. The highest BCUT2D eigenvalue weighted by Gasteiger charge is 2.21. The molecule has 1 unspecified atom stereocenters. The second-order valence-corrected chi connectivity index (χ2v) is 5.37. The van der Waals surface area contributed by atoms with Crippen molar-refractivity contribution in [3.05, 3.63) is 33.8 Å². The number of aliphatic carboxylic acids is 1. The number of methoxy groups -OCH3 is 1. The van der Waals surface area contributed by atoms with E-state index < -0.39 is 12.0 Å². The Balaban J connectivity index is 2.72. The third kappa shape index (κ3) is 4.94. The first-order chi connectivity index (χ1) is 9.45. The molecule has 5 nitrogen and oxygen atoms in total. The van der Waals surface area contributed by atoms with E-state index in [9.17, 15) is 9.59 Å². The maximum Gasteiger partial charge on any atom is 0.326 e. The normalized spacial score (nSPS) is 11.9. The number of hydrogen-bond acceptors (Lipinski definition) is 3. The minimum atomic E-state index is -1.04. The van der Waals surface area contributed by atoms with Gasteiger partial charge >= 0.3 is 5.97 Å². The molecule has 110 valence electrons. The number of carboxylic acids is 1. The Kier molecular flexibility index (Phi) is 6.67. The van der Waals surface area contributed by atoms with Crippen molar-refractivity contribution >= 4 is 27.8 Å². The van der Waals surface area contributed by atoms with E-state index in [4.69, 9.17) is 9.84 Å². The van der Waals surface area contributed by atoms with Crippen molar-refractivity contribution in [2.24, 2.45) is 0 Å². The van der Waals surface area contributed by atoms with Crippen LogP contribution in [0.15, 0.2) is 22.7 Å². The fourth-order valence-corrected chi connectivity index (χ4v) is 2.28. The molecule has 0 fully saturated rings. The van der Waals surface area contributed by atoms with Crippen LogP contribution in [-0.4, -0.2) is 36.7 Å². The van der Waals surface area contributed by atoms with Gasteiger partial charge in [-0.3, -0.25) is 4.79 Å². The Morgan fingerprint density at radius 2 is 2.15 bits per heavy atom. The molecule has 1 rings (SSSR count). The van der Waals surface area contributed by atoms with Gasteiger partial charge in [-0.2, -0.15) is 0 Å². The average Bonchev–Trinajstić information content (AvgIpc) is 2.37. The van der Waals surface area contributed by atoms with Gasteiger partial charge in [-0.05, 0) is 43.5 Å². The lowest BCUT2D eigenvalue weighted by molar-refractivity contribution is -0.139. The molecular formula is C14H18BrNO4. The van der Waals surface area contributed by atoms with Crippen molar-refractivity contribution in [1.82, 2.24) is 5.32 Å². The van der Waals surface area contributed by atoms with Gasteiger partial charge in [0.15, 0.2) is 0 Å². The van der Waals surface area contributed by atoms with Gasteiger partial charge in [0.25, 0.3) is 5.91 Å². The third-order valence-corrected chi connectivity index (χ3v) is 3.37. The first kappa shape index (κ1) is 16.7. The number of carboxylic acid groups (broad SMARTS) is 1. The van der Waals surface area contributed by atoms with Crippen LogP contribution >= 0.6 is 15.9 Å². The summed E-state index contributed by atoms with van der Waals surface area (Å²) in [6, 6.07) is 4.34.